The lowest BCUT2D eigenvalue weighted by Gasteiger charge is -2.47. The highest BCUT2D eigenvalue weighted by Gasteiger charge is 2.44. The molecule has 0 aliphatic heterocycles. The monoisotopic (exact) mass is 235 g/mol. The Kier molecular flexibility index (Phi) is 3.30. The topological polar surface area (TPSA) is 43.8 Å². The lowest BCUT2D eigenvalue weighted by atomic mass is 9.62. The maximum Gasteiger partial charge on any atom is 0.110 e. The van der Waals surface area contributed by atoms with Crippen LogP contribution in [0.4, 0.5) is 0 Å². The van der Waals surface area contributed by atoms with Gasteiger partial charge in [-0.05, 0) is 25.2 Å². The van der Waals surface area contributed by atoms with E-state index in [1.807, 2.05) is 6.20 Å². The van der Waals surface area contributed by atoms with Crippen LogP contribution >= 0.6 is 0 Å². The first kappa shape index (κ1) is 12.6. The number of nitrogens with two attached hydrogens (primary N) is 1. The molecule has 0 spiro atoms. The van der Waals surface area contributed by atoms with Crippen molar-refractivity contribution in [3.05, 3.63) is 18.2 Å². The smallest absolute Gasteiger partial charge is 0.110 e. The van der Waals surface area contributed by atoms with Gasteiger partial charge >= 0.3 is 0 Å². The lowest BCUT2D eigenvalue weighted by Crippen LogP contribution is -2.56. The Morgan fingerprint density at radius 1 is 1.35 bits per heavy atom. The van der Waals surface area contributed by atoms with Crippen LogP contribution in [0, 0.1) is 5.41 Å². The molecule has 96 valence electrons. The second kappa shape index (κ2) is 4.45. The maximum atomic E-state index is 6.70. The van der Waals surface area contributed by atoms with Crippen molar-refractivity contribution in [1.82, 2.24) is 9.55 Å². The van der Waals surface area contributed by atoms with Crippen LogP contribution < -0.4 is 5.73 Å². The highest BCUT2D eigenvalue weighted by atomic mass is 15.1. The van der Waals surface area contributed by atoms with Gasteiger partial charge < -0.3 is 10.3 Å². The van der Waals surface area contributed by atoms with Crippen LogP contribution in [0.3, 0.4) is 0 Å². The van der Waals surface area contributed by atoms with Gasteiger partial charge in [-0.1, -0.05) is 26.7 Å². The molecule has 1 atom stereocenters. The summed E-state index contributed by atoms with van der Waals surface area (Å²) in [7, 11) is 0. The second-order valence-corrected chi connectivity index (χ2v) is 6.05. The third-order valence-corrected chi connectivity index (χ3v) is 4.64. The SMILES string of the molecule is CCn1ccnc1CC1(N)CCCCC1(C)C. The van der Waals surface area contributed by atoms with E-state index in [1.54, 1.807) is 0 Å². The fourth-order valence-corrected chi connectivity index (χ4v) is 3.00. The van der Waals surface area contributed by atoms with Crippen LogP contribution in [-0.4, -0.2) is 15.1 Å². The van der Waals surface area contributed by atoms with E-state index in [4.69, 9.17) is 5.73 Å². The Morgan fingerprint density at radius 3 is 2.71 bits per heavy atom. The third kappa shape index (κ3) is 2.25. The van der Waals surface area contributed by atoms with Crippen molar-refractivity contribution >= 4 is 0 Å². The van der Waals surface area contributed by atoms with Gasteiger partial charge in [0.1, 0.15) is 5.82 Å². The number of hydrogen-bond acceptors (Lipinski definition) is 2. The summed E-state index contributed by atoms with van der Waals surface area (Å²) >= 11 is 0. The van der Waals surface area contributed by atoms with Crippen molar-refractivity contribution in [3.8, 4) is 0 Å². The van der Waals surface area contributed by atoms with Gasteiger partial charge in [-0.25, -0.2) is 4.98 Å². The van der Waals surface area contributed by atoms with Gasteiger partial charge in [0.05, 0.1) is 0 Å². The molecule has 1 aliphatic rings. The number of hydrogen-bond donors (Lipinski definition) is 1. The van der Waals surface area contributed by atoms with E-state index in [0.717, 1.165) is 25.2 Å². The van der Waals surface area contributed by atoms with E-state index in [0.29, 0.717) is 0 Å². The number of aryl methyl sites for hydroxylation is 1. The zero-order chi connectivity index (χ0) is 12.5. The summed E-state index contributed by atoms with van der Waals surface area (Å²) in [6.07, 6.45) is 9.77. The average Bonchev–Trinajstić information content (AvgIpc) is 2.70. The van der Waals surface area contributed by atoms with E-state index in [2.05, 4.69) is 36.5 Å². The van der Waals surface area contributed by atoms with E-state index < -0.39 is 0 Å². The zero-order valence-electron chi connectivity index (χ0n) is 11.4. The molecule has 2 rings (SSSR count). The molecule has 2 N–H and O–H groups in total. The fraction of sp³-hybridized carbons (Fsp3) is 0.786. The zero-order valence-corrected chi connectivity index (χ0v) is 11.4. The Bertz CT molecular complexity index is 381. The van der Waals surface area contributed by atoms with Crippen LogP contribution in [0.5, 0.6) is 0 Å². The van der Waals surface area contributed by atoms with Crippen LogP contribution in [0.25, 0.3) is 0 Å². The summed E-state index contributed by atoms with van der Waals surface area (Å²) in [5.41, 5.74) is 6.82. The minimum absolute atomic E-state index is 0.0937. The van der Waals surface area contributed by atoms with Gasteiger partial charge in [0.15, 0.2) is 0 Å². The van der Waals surface area contributed by atoms with Crippen molar-refractivity contribution in [1.29, 1.82) is 0 Å². The van der Waals surface area contributed by atoms with Gasteiger partial charge in [-0.2, -0.15) is 0 Å². The summed E-state index contributed by atoms with van der Waals surface area (Å²) in [5.74, 6) is 1.14. The molecular formula is C14H25N3. The van der Waals surface area contributed by atoms with E-state index in [9.17, 15) is 0 Å². The molecule has 17 heavy (non-hydrogen) atoms. The Labute approximate surface area is 104 Å². The molecule has 1 saturated carbocycles. The summed E-state index contributed by atoms with van der Waals surface area (Å²) in [5, 5.41) is 0. The summed E-state index contributed by atoms with van der Waals surface area (Å²) in [4.78, 5) is 4.47. The van der Waals surface area contributed by atoms with E-state index >= 15 is 0 Å². The highest BCUT2D eigenvalue weighted by Crippen LogP contribution is 2.43. The third-order valence-electron chi connectivity index (χ3n) is 4.64. The fourth-order valence-electron chi connectivity index (χ4n) is 3.00. The van der Waals surface area contributed by atoms with Crippen molar-refractivity contribution < 1.29 is 0 Å². The minimum Gasteiger partial charge on any atom is -0.335 e. The second-order valence-electron chi connectivity index (χ2n) is 6.05. The first-order chi connectivity index (χ1) is 7.98. The first-order valence-corrected chi connectivity index (χ1v) is 6.77. The van der Waals surface area contributed by atoms with Crippen molar-refractivity contribution in [2.24, 2.45) is 11.1 Å². The number of aromatic nitrogens is 2. The van der Waals surface area contributed by atoms with Crippen LogP contribution in [-0.2, 0) is 13.0 Å². The lowest BCUT2D eigenvalue weighted by molar-refractivity contribution is 0.0963. The molecule has 0 radical (unpaired) electrons. The van der Waals surface area contributed by atoms with Gasteiger partial charge in [0, 0.05) is 30.9 Å². The number of nitrogens with zero attached hydrogens (tertiary/aromatic N) is 2. The Balaban J connectivity index is 2.21. The van der Waals surface area contributed by atoms with Crippen LogP contribution in [0.15, 0.2) is 12.4 Å². The Morgan fingerprint density at radius 2 is 2.06 bits per heavy atom. The van der Waals surface area contributed by atoms with Gasteiger partial charge in [0.2, 0.25) is 0 Å². The standard InChI is InChI=1S/C14H25N3/c1-4-17-10-9-16-12(17)11-14(15)8-6-5-7-13(14,2)3/h9-10H,4-8,11,15H2,1-3H3. The number of imidazole rings is 1. The molecule has 0 bridgehead atoms. The van der Waals surface area contributed by atoms with Gasteiger partial charge in [-0.15, -0.1) is 0 Å². The normalized spacial score (nSPS) is 28.2. The molecule has 3 nitrogen and oxygen atoms in total. The minimum atomic E-state index is -0.0937. The van der Waals surface area contributed by atoms with Crippen LogP contribution in [0.2, 0.25) is 0 Å². The molecule has 3 heteroatoms. The van der Waals surface area contributed by atoms with Crippen molar-refractivity contribution in [3.63, 3.8) is 0 Å². The molecule has 1 aliphatic carbocycles. The molecule has 0 amide bonds. The van der Waals surface area contributed by atoms with E-state index in [-0.39, 0.29) is 11.0 Å². The summed E-state index contributed by atoms with van der Waals surface area (Å²) in [6, 6.07) is 0. The quantitative estimate of drug-likeness (QED) is 0.875. The molecule has 0 saturated heterocycles. The predicted molar refractivity (Wildman–Crippen MR) is 70.8 cm³/mol. The van der Waals surface area contributed by atoms with Crippen molar-refractivity contribution in [2.45, 2.75) is 65.0 Å². The largest absolute Gasteiger partial charge is 0.335 e. The molecule has 1 fully saturated rings. The Hall–Kier alpha value is -0.830. The first-order valence-electron chi connectivity index (χ1n) is 6.77. The molecule has 1 aromatic rings. The number of rotatable bonds is 3. The molecule has 1 heterocycles. The summed E-state index contributed by atoms with van der Waals surface area (Å²) in [6.45, 7) is 7.75. The molecule has 1 unspecified atom stereocenters. The molecule has 0 aromatic carbocycles. The van der Waals surface area contributed by atoms with Crippen molar-refractivity contribution in [2.75, 3.05) is 0 Å². The summed E-state index contributed by atoms with van der Waals surface area (Å²) < 4.78 is 2.21. The predicted octanol–water partition coefficient (Wildman–Crippen LogP) is 2.74. The average molecular weight is 235 g/mol. The van der Waals surface area contributed by atoms with E-state index in [1.165, 1.54) is 19.3 Å². The van der Waals surface area contributed by atoms with Gasteiger partial charge in [0.25, 0.3) is 0 Å². The maximum absolute atomic E-state index is 6.70. The van der Waals surface area contributed by atoms with Gasteiger partial charge in [-0.3, -0.25) is 0 Å². The highest BCUT2D eigenvalue weighted by molar-refractivity contribution is 5.08. The van der Waals surface area contributed by atoms with Crippen LogP contribution in [0.1, 0.15) is 52.3 Å². The molecular weight excluding hydrogens is 210 g/mol. The molecule has 1 aromatic heterocycles.